The highest BCUT2D eigenvalue weighted by Gasteiger charge is 2.29. The van der Waals surface area contributed by atoms with Crippen LogP contribution in [0.5, 0.6) is 5.75 Å². The summed E-state index contributed by atoms with van der Waals surface area (Å²) < 4.78 is 10.3. The van der Waals surface area contributed by atoms with Crippen molar-refractivity contribution in [3.63, 3.8) is 0 Å². The number of rotatable bonds is 5. The molecule has 0 aliphatic carbocycles. The zero-order chi connectivity index (χ0) is 16.8. The van der Waals surface area contributed by atoms with Gasteiger partial charge in [-0.2, -0.15) is 0 Å². The topological polar surface area (TPSA) is 55.8 Å². The summed E-state index contributed by atoms with van der Waals surface area (Å²) >= 11 is 6.00. The number of likely N-dealkylation sites (tertiary alicyclic amines) is 1. The number of nitrogens with zero attached hydrogens (tertiary/aromatic N) is 1. The Balaban J connectivity index is 2.03. The van der Waals surface area contributed by atoms with Crippen LogP contribution in [-0.2, 0) is 20.7 Å². The van der Waals surface area contributed by atoms with Crippen LogP contribution in [0.1, 0.15) is 25.3 Å². The summed E-state index contributed by atoms with van der Waals surface area (Å²) in [6.07, 6.45) is 1.78. The maximum absolute atomic E-state index is 12.5. The Labute approximate surface area is 141 Å². The molecule has 1 aliphatic heterocycles. The molecule has 1 aliphatic rings. The minimum absolute atomic E-state index is 0.0282. The molecule has 23 heavy (non-hydrogen) atoms. The number of esters is 1. The van der Waals surface area contributed by atoms with E-state index in [0.29, 0.717) is 30.5 Å². The first kappa shape index (κ1) is 17.6. The lowest BCUT2D eigenvalue weighted by molar-refractivity contribution is -0.151. The lowest BCUT2D eigenvalue weighted by Crippen LogP contribution is -2.43. The second-order valence-corrected chi connectivity index (χ2v) is 6.00. The van der Waals surface area contributed by atoms with Crippen LogP contribution in [0.4, 0.5) is 0 Å². The zero-order valence-corrected chi connectivity index (χ0v) is 14.3. The Morgan fingerprint density at radius 3 is 2.87 bits per heavy atom. The highest BCUT2D eigenvalue weighted by Crippen LogP contribution is 2.25. The van der Waals surface area contributed by atoms with Crippen molar-refractivity contribution in [2.24, 2.45) is 5.92 Å². The summed E-state index contributed by atoms with van der Waals surface area (Å²) in [5.74, 6) is 0.167. The second kappa shape index (κ2) is 8.20. The number of ether oxygens (including phenoxy) is 2. The standard InChI is InChI=1S/C17H22ClNO4/c1-3-23-17(21)12-5-4-8-19(11-12)16(20)10-13-9-14(18)6-7-15(13)22-2/h6-7,9,12H,3-5,8,10-11H2,1-2H3/t12-/m0/s1. The van der Waals surface area contributed by atoms with Crippen LogP contribution in [0.25, 0.3) is 0 Å². The van der Waals surface area contributed by atoms with Crippen molar-refractivity contribution in [1.82, 2.24) is 4.90 Å². The average molecular weight is 340 g/mol. The maximum atomic E-state index is 12.5. The third-order valence-corrected chi connectivity index (χ3v) is 4.21. The third kappa shape index (κ3) is 4.61. The zero-order valence-electron chi connectivity index (χ0n) is 13.5. The Bertz CT molecular complexity index is 576. The van der Waals surface area contributed by atoms with Gasteiger partial charge in [0, 0.05) is 23.7 Å². The lowest BCUT2D eigenvalue weighted by Gasteiger charge is -2.31. The first-order valence-corrected chi connectivity index (χ1v) is 8.19. The quantitative estimate of drug-likeness (QED) is 0.774. The van der Waals surface area contributed by atoms with Gasteiger partial charge in [0.25, 0.3) is 0 Å². The molecule has 6 heteroatoms. The summed E-state index contributed by atoms with van der Waals surface area (Å²) in [6.45, 7) is 3.23. The highest BCUT2D eigenvalue weighted by atomic mass is 35.5. The smallest absolute Gasteiger partial charge is 0.310 e. The van der Waals surface area contributed by atoms with Crippen molar-refractivity contribution >= 4 is 23.5 Å². The van der Waals surface area contributed by atoms with Gasteiger partial charge in [-0.25, -0.2) is 0 Å². The normalized spacial score (nSPS) is 17.7. The number of amides is 1. The van der Waals surface area contributed by atoms with E-state index < -0.39 is 0 Å². The fourth-order valence-corrected chi connectivity index (χ4v) is 3.01. The molecule has 0 saturated carbocycles. The second-order valence-electron chi connectivity index (χ2n) is 5.56. The fraction of sp³-hybridized carbons (Fsp3) is 0.529. The molecule has 2 rings (SSSR count). The minimum atomic E-state index is -0.228. The monoisotopic (exact) mass is 339 g/mol. The van der Waals surface area contributed by atoms with Crippen LogP contribution >= 0.6 is 11.6 Å². The molecule has 1 aromatic carbocycles. The Morgan fingerprint density at radius 2 is 2.17 bits per heavy atom. The number of hydrogen-bond acceptors (Lipinski definition) is 4. The van der Waals surface area contributed by atoms with E-state index in [0.717, 1.165) is 18.4 Å². The summed E-state index contributed by atoms with van der Waals surface area (Å²) in [4.78, 5) is 26.1. The molecule has 5 nitrogen and oxygen atoms in total. The molecule has 0 bridgehead atoms. The molecule has 1 aromatic rings. The van der Waals surface area contributed by atoms with Crippen LogP contribution in [0, 0.1) is 5.92 Å². The fourth-order valence-electron chi connectivity index (χ4n) is 2.82. The van der Waals surface area contributed by atoms with Gasteiger partial charge in [-0.3, -0.25) is 9.59 Å². The van der Waals surface area contributed by atoms with Crippen LogP contribution < -0.4 is 4.74 Å². The third-order valence-electron chi connectivity index (χ3n) is 3.98. The average Bonchev–Trinajstić information content (AvgIpc) is 2.55. The van der Waals surface area contributed by atoms with E-state index in [1.165, 1.54) is 0 Å². The summed E-state index contributed by atoms with van der Waals surface area (Å²) in [6, 6.07) is 5.22. The van der Waals surface area contributed by atoms with Crippen LogP contribution in [0.15, 0.2) is 18.2 Å². The predicted octanol–water partition coefficient (Wildman–Crippen LogP) is 2.69. The van der Waals surface area contributed by atoms with E-state index >= 15 is 0 Å². The Morgan fingerprint density at radius 1 is 1.39 bits per heavy atom. The van der Waals surface area contributed by atoms with Gasteiger partial charge in [-0.05, 0) is 38.0 Å². The van der Waals surface area contributed by atoms with Gasteiger partial charge in [-0.1, -0.05) is 11.6 Å². The molecule has 0 N–H and O–H groups in total. The molecule has 0 radical (unpaired) electrons. The summed E-state index contributed by atoms with van der Waals surface area (Å²) in [7, 11) is 1.56. The van der Waals surface area contributed by atoms with E-state index in [2.05, 4.69) is 0 Å². The Hall–Kier alpha value is -1.75. The lowest BCUT2D eigenvalue weighted by atomic mass is 9.97. The van der Waals surface area contributed by atoms with Crippen LogP contribution in [0.2, 0.25) is 5.02 Å². The largest absolute Gasteiger partial charge is 0.496 e. The molecular formula is C17H22ClNO4. The van der Waals surface area contributed by atoms with Gasteiger partial charge in [0.1, 0.15) is 5.75 Å². The molecule has 0 unspecified atom stereocenters. The molecule has 1 amide bonds. The number of benzene rings is 1. The van der Waals surface area contributed by atoms with Crippen LogP contribution in [-0.4, -0.2) is 43.6 Å². The number of methoxy groups -OCH3 is 1. The van der Waals surface area contributed by atoms with E-state index in [4.69, 9.17) is 21.1 Å². The highest BCUT2D eigenvalue weighted by molar-refractivity contribution is 6.30. The minimum Gasteiger partial charge on any atom is -0.496 e. The van der Waals surface area contributed by atoms with Gasteiger partial charge in [0.05, 0.1) is 26.1 Å². The molecule has 126 valence electrons. The molecular weight excluding hydrogens is 318 g/mol. The SMILES string of the molecule is CCOC(=O)[C@H]1CCCN(C(=O)Cc2cc(Cl)ccc2OC)C1. The number of piperidine rings is 1. The first-order chi connectivity index (χ1) is 11.0. The van der Waals surface area contributed by atoms with E-state index in [1.807, 2.05) is 0 Å². The number of hydrogen-bond donors (Lipinski definition) is 0. The van der Waals surface area contributed by atoms with E-state index in [-0.39, 0.29) is 24.2 Å². The van der Waals surface area contributed by atoms with Crippen molar-refractivity contribution < 1.29 is 19.1 Å². The van der Waals surface area contributed by atoms with E-state index in [1.54, 1.807) is 37.1 Å². The van der Waals surface area contributed by atoms with Gasteiger partial charge in [0.15, 0.2) is 0 Å². The van der Waals surface area contributed by atoms with E-state index in [9.17, 15) is 9.59 Å². The van der Waals surface area contributed by atoms with Crippen LogP contribution in [0.3, 0.4) is 0 Å². The molecule has 1 fully saturated rings. The maximum Gasteiger partial charge on any atom is 0.310 e. The molecule has 1 heterocycles. The molecule has 1 saturated heterocycles. The number of carbonyl (C=O) groups excluding carboxylic acids is 2. The van der Waals surface area contributed by atoms with Crippen molar-refractivity contribution in [3.8, 4) is 5.75 Å². The van der Waals surface area contributed by atoms with Gasteiger partial charge in [0.2, 0.25) is 5.91 Å². The predicted molar refractivity (Wildman–Crippen MR) is 87.6 cm³/mol. The van der Waals surface area contributed by atoms with Gasteiger partial charge >= 0.3 is 5.97 Å². The first-order valence-electron chi connectivity index (χ1n) is 7.82. The van der Waals surface area contributed by atoms with Crippen molar-refractivity contribution in [2.75, 3.05) is 26.8 Å². The van der Waals surface area contributed by atoms with Crippen molar-refractivity contribution in [3.05, 3.63) is 28.8 Å². The Kier molecular flexibility index (Phi) is 6.28. The van der Waals surface area contributed by atoms with Gasteiger partial charge < -0.3 is 14.4 Å². The van der Waals surface area contributed by atoms with Crippen molar-refractivity contribution in [1.29, 1.82) is 0 Å². The summed E-state index contributed by atoms with van der Waals surface area (Å²) in [5, 5.41) is 0.566. The molecule has 0 spiro atoms. The summed E-state index contributed by atoms with van der Waals surface area (Å²) in [5.41, 5.74) is 0.753. The number of carbonyl (C=O) groups is 2. The number of halogens is 1. The van der Waals surface area contributed by atoms with Crippen molar-refractivity contribution in [2.45, 2.75) is 26.2 Å². The molecule has 1 atom stereocenters. The molecule has 0 aromatic heterocycles. The van der Waals surface area contributed by atoms with Gasteiger partial charge in [-0.15, -0.1) is 0 Å².